The first kappa shape index (κ1) is 10.4. The van der Waals surface area contributed by atoms with E-state index in [4.69, 9.17) is 5.11 Å². The van der Waals surface area contributed by atoms with Crippen LogP contribution in [-0.4, -0.2) is 36.4 Å². The Hall–Kier alpha value is 0.390. The minimum Gasteiger partial charge on any atom is -0.393 e. The molecule has 1 nitrogen and oxygen atoms in total. The first-order chi connectivity index (χ1) is 4.74. The number of aliphatic hydroxyl groups is 1. The van der Waals surface area contributed by atoms with Crippen LogP contribution in [0.1, 0.15) is 20.8 Å². The topological polar surface area (TPSA) is 20.2 Å². The average Bonchev–Trinajstić information content (AvgIpc) is 2.01. The number of aliphatic hydroxyl groups excluding tert-OH is 1. The molecule has 0 aliphatic heterocycles. The third-order valence-corrected chi connectivity index (χ3v) is 7.76. The highest BCUT2D eigenvalue weighted by molar-refractivity contribution is 7.75. The van der Waals surface area contributed by atoms with E-state index in [-0.39, 0.29) is 0 Å². The molecule has 0 saturated carbocycles. The molecule has 0 aromatic carbocycles. The molecule has 0 aliphatic rings. The molecule has 0 bridgehead atoms. The Morgan fingerprint density at radius 2 is 1.40 bits per heavy atom. The van der Waals surface area contributed by atoms with Gasteiger partial charge in [0.1, 0.15) is 0 Å². The molecular weight excluding hydrogens is 143 g/mol. The molecule has 2 heteroatoms. The number of rotatable bonds is 5. The van der Waals surface area contributed by atoms with Crippen LogP contribution >= 0.6 is 7.26 Å². The lowest BCUT2D eigenvalue weighted by Gasteiger charge is -2.22. The normalized spacial score (nSPS) is 12.0. The predicted molar refractivity (Wildman–Crippen MR) is 50.5 cm³/mol. The van der Waals surface area contributed by atoms with Crippen LogP contribution in [0, 0.1) is 0 Å². The molecule has 62 valence electrons. The summed E-state index contributed by atoms with van der Waals surface area (Å²) in [4.78, 5) is 0. The van der Waals surface area contributed by atoms with E-state index in [1.54, 1.807) is 0 Å². The van der Waals surface area contributed by atoms with Crippen LogP contribution in [0.2, 0.25) is 0 Å². The Labute approximate surface area is 65.2 Å². The van der Waals surface area contributed by atoms with E-state index < -0.39 is 7.26 Å². The molecule has 1 N–H and O–H groups in total. The SMILES string of the molecule is CC[P+](CC)(CC)CCO. The zero-order valence-corrected chi connectivity index (χ0v) is 8.32. The van der Waals surface area contributed by atoms with Crippen LogP contribution in [0.15, 0.2) is 0 Å². The molecule has 0 atom stereocenters. The molecule has 0 rings (SSSR count). The molecule has 0 aliphatic carbocycles. The van der Waals surface area contributed by atoms with E-state index in [1.807, 2.05) is 0 Å². The molecule has 0 aromatic rings. The zero-order valence-electron chi connectivity index (χ0n) is 7.43. The Kier molecular flexibility index (Phi) is 5.29. The lowest BCUT2D eigenvalue weighted by molar-refractivity contribution is 0.321. The molecule has 0 heterocycles. The summed E-state index contributed by atoms with van der Waals surface area (Å²) in [5, 5.41) is 8.82. The van der Waals surface area contributed by atoms with Gasteiger partial charge in [-0.3, -0.25) is 0 Å². The van der Waals surface area contributed by atoms with Crippen LogP contribution in [0.25, 0.3) is 0 Å². The maximum Gasteiger partial charge on any atom is 0.0825 e. The van der Waals surface area contributed by atoms with E-state index in [0.717, 1.165) is 6.16 Å². The van der Waals surface area contributed by atoms with Crippen LogP contribution in [0.4, 0.5) is 0 Å². The van der Waals surface area contributed by atoms with Crippen molar-refractivity contribution in [3.05, 3.63) is 0 Å². The average molecular weight is 163 g/mol. The third-order valence-electron chi connectivity index (χ3n) is 2.59. The van der Waals surface area contributed by atoms with Gasteiger partial charge >= 0.3 is 0 Å². The van der Waals surface area contributed by atoms with Gasteiger partial charge in [-0.05, 0) is 20.8 Å². The second kappa shape index (κ2) is 5.09. The smallest absolute Gasteiger partial charge is 0.0825 e. The van der Waals surface area contributed by atoms with Crippen molar-refractivity contribution in [2.75, 3.05) is 31.3 Å². The lowest BCUT2D eigenvalue weighted by Crippen LogP contribution is -2.09. The molecule has 0 amide bonds. The molecule has 0 spiro atoms. The van der Waals surface area contributed by atoms with E-state index >= 15 is 0 Å². The second-order valence-corrected chi connectivity index (χ2v) is 7.77. The maximum atomic E-state index is 8.82. The van der Waals surface area contributed by atoms with Crippen molar-refractivity contribution in [2.24, 2.45) is 0 Å². The summed E-state index contributed by atoms with van der Waals surface area (Å²) < 4.78 is 0. The standard InChI is InChI=1S/C8H20OP/c1-4-10(5-2,6-3)8-7-9/h9H,4-8H2,1-3H3/q+1. The fraction of sp³-hybridized carbons (Fsp3) is 1.00. The van der Waals surface area contributed by atoms with E-state index in [9.17, 15) is 0 Å². The van der Waals surface area contributed by atoms with Gasteiger partial charge in [-0.25, -0.2) is 0 Å². The fourth-order valence-corrected chi connectivity index (χ4v) is 4.07. The summed E-state index contributed by atoms with van der Waals surface area (Å²) in [5.74, 6) is 0. The summed E-state index contributed by atoms with van der Waals surface area (Å²) in [5.41, 5.74) is 0. The highest BCUT2D eigenvalue weighted by atomic mass is 31.2. The van der Waals surface area contributed by atoms with Gasteiger partial charge in [0.25, 0.3) is 0 Å². The highest BCUT2D eigenvalue weighted by Crippen LogP contribution is 2.57. The van der Waals surface area contributed by atoms with Crippen LogP contribution in [-0.2, 0) is 0 Å². The van der Waals surface area contributed by atoms with Crippen molar-refractivity contribution in [2.45, 2.75) is 20.8 Å². The molecule has 0 fully saturated rings. The molecule has 0 saturated heterocycles. The monoisotopic (exact) mass is 163 g/mol. The van der Waals surface area contributed by atoms with Crippen molar-refractivity contribution in [1.82, 2.24) is 0 Å². The van der Waals surface area contributed by atoms with E-state index in [0.29, 0.717) is 6.61 Å². The van der Waals surface area contributed by atoms with Gasteiger partial charge < -0.3 is 5.11 Å². The van der Waals surface area contributed by atoms with E-state index in [2.05, 4.69) is 20.8 Å². The highest BCUT2D eigenvalue weighted by Gasteiger charge is 2.29. The Morgan fingerprint density at radius 3 is 1.50 bits per heavy atom. The summed E-state index contributed by atoms with van der Waals surface area (Å²) >= 11 is 0. The van der Waals surface area contributed by atoms with Crippen LogP contribution in [0.5, 0.6) is 0 Å². The minimum atomic E-state index is -0.689. The maximum absolute atomic E-state index is 8.82. The lowest BCUT2D eigenvalue weighted by atomic mass is 10.9. The Balaban J connectivity index is 3.87. The van der Waals surface area contributed by atoms with Gasteiger partial charge in [0.15, 0.2) is 0 Å². The molecule has 0 radical (unpaired) electrons. The second-order valence-electron chi connectivity index (χ2n) is 2.74. The number of hydrogen-bond donors (Lipinski definition) is 1. The minimum absolute atomic E-state index is 0.392. The third kappa shape index (κ3) is 2.56. The fourth-order valence-electron chi connectivity index (χ4n) is 1.36. The van der Waals surface area contributed by atoms with Crippen LogP contribution < -0.4 is 0 Å². The number of hydrogen-bond acceptors (Lipinski definition) is 1. The Morgan fingerprint density at radius 1 is 1.00 bits per heavy atom. The van der Waals surface area contributed by atoms with Gasteiger partial charge in [-0.15, -0.1) is 0 Å². The van der Waals surface area contributed by atoms with Crippen molar-refractivity contribution in [1.29, 1.82) is 0 Å². The van der Waals surface area contributed by atoms with Gasteiger partial charge in [0.05, 0.1) is 31.3 Å². The zero-order chi connectivity index (χ0) is 8.04. The summed E-state index contributed by atoms with van der Waals surface area (Å²) in [6.07, 6.45) is 5.00. The van der Waals surface area contributed by atoms with E-state index in [1.165, 1.54) is 18.5 Å². The summed E-state index contributed by atoms with van der Waals surface area (Å²) in [6, 6.07) is 0. The van der Waals surface area contributed by atoms with Gasteiger partial charge in [0.2, 0.25) is 0 Å². The van der Waals surface area contributed by atoms with Gasteiger partial charge in [-0.2, -0.15) is 0 Å². The summed E-state index contributed by atoms with van der Waals surface area (Å²) in [7, 11) is -0.689. The Bertz CT molecular complexity index is 71.1. The van der Waals surface area contributed by atoms with Crippen molar-refractivity contribution in [3.8, 4) is 0 Å². The molecule has 0 aromatic heterocycles. The van der Waals surface area contributed by atoms with Crippen molar-refractivity contribution in [3.63, 3.8) is 0 Å². The van der Waals surface area contributed by atoms with Crippen LogP contribution in [0.3, 0.4) is 0 Å². The van der Waals surface area contributed by atoms with Crippen molar-refractivity contribution >= 4 is 7.26 Å². The first-order valence-electron chi connectivity index (χ1n) is 4.20. The predicted octanol–water partition coefficient (Wildman–Crippen LogP) is 2.06. The quantitative estimate of drug-likeness (QED) is 0.615. The molecule has 0 unspecified atom stereocenters. The van der Waals surface area contributed by atoms with Gasteiger partial charge in [-0.1, -0.05) is 0 Å². The molecular formula is C8H20OP+. The van der Waals surface area contributed by atoms with Gasteiger partial charge in [0, 0.05) is 7.26 Å². The largest absolute Gasteiger partial charge is 0.393 e. The summed E-state index contributed by atoms with van der Waals surface area (Å²) in [6.45, 7) is 7.17. The molecule has 10 heavy (non-hydrogen) atoms. The van der Waals surface area contributed by atoms with Crippen molar-refractivity contribution < 1.29 is 5.11 Å². The first-order valence-corrected chi connectivity index (χ1v) is 6.73.